The molecular formula is C19H31N3O5S. The molecule has 9 heteroatoms. The molecule has 4 atom stereocenters. The molecule has 4 unspecified atom stereocenters. The second kappa shape index (κ2) is 11.1. The molecule has 28 heavy (non-hydrogen) atoms. The first kappa shape index (κ1) is 24.0. The van der Waals surface area contributed by atoms with E-state index < -0.39 is 18.1 Å². The first-order valence-electron chi connectivity index (χ1n) is 9.35. The van der Waals surface area contributed by atoms with Crippen molar-refractivity contribution in [2.24, 2.45) is 11.8 Å². The van der Waals surface area contributed by atoms with Gasteiger partial charge in [0.05, 0.1) is 7.11 Å². The maximum absolute atomic E-state index is 13.0. The zero-order valence-electron chi connectivity index (χ0n) is 17.3. The van der Waals surface area contributed by atoms with Crippen LogP contribution >= 0.6 is 11.3 Å². The summed E-state index contributed by atoms with van der Waals surface area (Å²) in [6.07, 6.45) is 0.635. The fourth-order valence-corrected chi connectivity index (χ4v) is 3.80. The lowest BCUT2D eigenvalue weighted by Gasteiger charge is -2.36. The minimum atomic E-state index is -0.924. The topological polar surface area (TPSA) is 109 Å². The summed E-state index contributed by atoms with van der Waals surface area (Å²) < 4.78 is 4.64. The molecule has 0 aromatic carbocycles. The standard InChI is InChI=1S/C19H31N3O5S/c1-7-12(4)16(20-10-23)18(25)22(5)14(11(2)3)8-15(24)17-21-13(9-28-17)19(26)27-6/h9-12,14-16,24H,7-8H2,1-6H3,(H,20,23). The summed E-state index contributed by atoms with van der Waals surface area (Å²) in [7, 11) is 2.96. The number of likely N-dealkylation sites (N-methyl/N-ethyl adjacent to an activating group) is 1. The lowest BCUT2D eigenvalue weighted by atomic mass is 9.93. The number of amides is 2. The quantitative estimate of drug-likeness (QED) is 0.424. The maximum atomic E-state index is 13.0. The van der Waals surface area contributed by atoms with Gasteiger partial charge < -0.3 is 20.1 Å². The predicted octanol–water partition coefficient (Wildman–Crippen LogP) is 2.00. The number of aliphatic hydroxyl groups excluding tert-OH is 1. The highest BCUT2D eigenvalue weighted by molar-refractivity contribution is 7.09. The highest BCUT2D eigenvalue weighted by Crippen LogP contribution is 2.27. The van der Waals surface area contributed by atoms with Crippen LogP contribution < -0.4 is 5.32 Å². The van der Waals surface area contributed by atoms with Crippen LogP contribution in [0.3, 0.4) is 0 Å². The summed E-state index contributed by atoms with van der Waals surface area (Å²) in [6.45, 7) is 7.81. The number of nitrogens with one attached hydrogen (secondary N) is 1. The van der Waals surface area contributed by atoms with E-state index in [4.69, 9.17) is 0 Å². The summed E-state index contributed by atoms with van der Waals surface area (Å²) in [5.41, 5.74) is 0.152. The van der Waals surface area contributed by atoms with Gasteiger partial charge in [-0.2, -0.15) is 0 Å². The number of rotatable bonds is 11. The number of carbonyl (C=O) groups is 3. The van der Waals surface area contributed by atoms with Crippen LogP contribution in [0.2, 0.25) is 0 Å². The molecule has 0 spiro atoms. The van der Waals surface area contributed by atoms with Gasteiger partial charge in [0.25, 0.3) is 0 Å². The molecule has 0 radical (unpaired) electrons. The Balaban J connectivity index is 2.96. The molecule has 0 bridgehead atoms. The van der Waals surface area contributed by atoms with Crippen molar-refractivity contribution in [1.29, 1.82) is 0 Å². The molecule has 2 amide bonds. The summed E-state index contributed by atoms with van der Waals surface area (Å²) >= 11 is 1.17. The first-order valence-corrected chi connectivity index (χ1v) is 10.2. The van der Waals surface area contributed by atoms with E-state index in [1.807, 2.05) is 27.7 Å². The molecule has 1 rings (SSSR count). The predicted molar refractivity (Wildman–Crippen MR) is 107 cm³/mol. The zero-order chi connectivity index (χ0) is 21.4. The van der Waals surface area contributed by atoms with Gasteiger partial charge in [-0.3, -0.25) is 9.59 Å². The summed E-state index contributed by atoms with van der Waals surface area (Å²) in [5.74, 6) is -0.697. The molecule has 0 aliphatic carbocycles. The monoisotopic (exact) mass is 413 g/mol. The highest BCUT2D eigenvalue weighted by Gasteiger charge is 2.33. The largest absolute Gasteiger partial charge is 0.464 e. The van der Waals surface area contributed by atoms with Crippen LogP contribution in [0.25, 0.3) is 0 Å². The number of nitrogens with zero attached hydrogens (tertiary/aromatic N) is 2. The number of hydrogen-bond donors (Lipinski definition) is 2. The molecule has 0 aliphatic rings. The zero-order valence-corrected chi connectivity index (χ0v) is 18.2. The third kappa shape index (κ3) is 6.00. The van der Waals surface area contributed by atoms with Gasteiger partial charge in [0.1, 0.15) is 17.2 Å². The van der Waals surface area contributed by atoms with Gasteiger partial charge in [-0.05, 0) is 11.8 Å². The summed E-state index contributed by atoms with van der Waals surface area (Å²) in [5, 5.41) is 15.2. The molecule has 0 aliphatic heterocycles. The van der Waals surface area contributed by atoms with Crippen molar-refractivity contribution >= 4 is 29.6 Å². The molecule has 0 saturated heterocycles. The van der Waals surface area contributed by atoms with E-state index in [2.05, 4.69) is 15.0 Å². The third-order valence-electron chi connectivity index (χ3n) is 5.01. The molecule has 1 aromatic heterocycles. The Labute approximate surface area is 170 Å². The van der Waals surface area contributed by atoms with E-state index in [-0.39, 0.29) is 35.9 Å². The number of hydrogen-bond acceptors (Lipinski definition) is 7. The van der Waals surface area contributed by atoms with Crippen LogP contribution in [0.1, 0.15) is 62.1 Å². The second-order valence-electron chi connectivity index (χ2n) is 7.22. The molecule has 2 N–H and O–H groups in total. The number of aliphatic hydroxyl groups is 1. The van der Waals surface area contributed by atoms with Gasteiger partial charge >= 0.3 is 5.97 Å². The highest BCUT2D eigenvalue weighted by atomic mass is 32.1. The molecule has 1 heterocycles. The molecule has 0 fully saturated rings. The number of aromatic nitrogens is 1. The second-order valence-corrected chi connectivity index (χ2v) is 8.11. The average Bonchev–Trinajstić information content (AvgIpc) is 3.17. The van der Waals surface area contributed by atoms with Gasteiger partial charge in [-0.1, -0.05) is 34.1 Å². The Hall–Kier alpha value is -2.00. The number of ether oxygens (including phenoxy) is 1. The van der Waals surface area contributed by atoms with Crippen LogP contribution in [-0.4, -0.2) is 59.5 Å². The minimum absolute atomic E-state index is 0.0144. The Morgan fingerprint density at radius 1 is 1.39 bits per heavy atom. The molecular weight excluding hydrogens is 382 g/mol. The van der Waals surface area contributed by atoms with Crippen LogP contribution in [-0.2, 0) is 14.3 Å². The SMILES string of the molecule is CCC(C)C(NC=O)C(=O)N(C)C(CC(O)c1nc(C(=O)OC)cs1)C(C)C. The maximum Gasteiger partial charge on any atom is 0.357 e. The van der Waals surface area contributed by atoms with Crippen LogP contribution in [0.4, 0.5) is 0 Å². The van der Waals surface area contributed by atoms with Gasteiger partial charge in [0.15, 0.2) is 5.69 Å². The Kier molecular flexibility index (Phi) is 9.54. The van der Waals surface area contributed by atoms with E-state index >= 15 is 0 Å². The van der Waals surface area contributed by atoms with Crippen molar-refractivity contribution in [1.82, 2.24) is 15.2 Å². The van der Waals surface area contributed by atoms with Crippen molar-refractivity contribution in [3.05, 3.63) is 16.1 Å². The van der Waals surface area contributed by atoms with Gasteiger partial charge in [-0.15, -0.1) is 11.3 Å². The number of methoxy groups -OCH3 is 1. The normalized spacial score (nSPS) is 15.4. The van der Waals surface area contributed by atoms with Gasteiger partial charge in [0, 0.05) is 24.9 Å². The van der Waals surface area contributed by atoms with E-state index in [1.54, 1.807) is 11.9 Å². The van der Waals surface area contributed by atoms with Crippen molar-refractivity contribution in [2.75, 3.05) is 14.2 Å². The molecule has 1 aromatic rings. The van der Waals surface area contributed by atoms with E-state index in [0.29, 0.717) is 11.4 Å². The first-order chi connectivity index (χ1) is 13.2. The lowest BCUT2D eigenvalue weighted by molar-refractivity contribution is -0.138. The van der Waals surface area contributed by atoms with Crippen molar-refractivity contribution in [3.63, 3.8) is 0 Å². The van der Waals surface area contributed by atoms with Crippen LogP contribution in [0.15, 0.2) is 5.38 Å². The van der Waals surface area contributed by atoms with Gasteiger partial charge in [-0.25, -0.2) is 9.78 Å². The summed E-state index contributed by atoms with van der Waals surface area (Å²) in [6, 6.07) is -0.885. The Morgan fingerprint density at radius 2 is 2.04 bits per heavy atom. The summed E-state index contributed by atoms with van der Waals surface area (Å²) in [4.78, 5) is 41.2. The third-order valence-corrected chi connectivity index (χ3v) is 5.95. The fraction of sp³-hybridized carbons (Fsp3) is 0.684. The minimum Gasteiger partial charge on any atom is -0.464 e. The van der Waals surface area contributed by atoms with E-state index in [1.165, 1.54) is 23.8 Å². The Morgan fingerprint density at radius 3 is 2.54 bits per heavy atom. The average molecular weight is 414 g/mol. The molecule has 158 valence electrons. The number of thiazole rings is 1. The van der Waals surface area contributed by atoms with E-state index in [0.717, 1.165) is 6.42 Å². The number of carbonyl (C=O) groups excluding carboxylic acids is 3. The van der Waals surface area contributed by atoms with Crippen LogP contribution in [0.5, 0.6) is 0 Å². The number of esters is 1. The van der Waals surface area contributed by atoms with Crippen molar-refractivity contribution in [3.8, 4) is 0 Å². The van der Waals surface area contributed by atoms with Gasteiger partial charge in [0.2, 0.25) is 12.3 Å². The van der Waals surface area contributed by atoms with E-state index in [9.17, 15) is 19.5 Å². The molecule has 8 nitrogen and oxygen atoms in total. The smallest absolute Gasteiger partial charge is 0.357 e. The van der Waals surface area contributed by atoms with Crippen LogP contribution in [0, 0.1) is 11.8 Å². The fourth-order valence-electron chi connectivity index (χ4n) is 3.02. The molecule has 0 saturated carbocycles. The van der Waals surface area contributed by atoms with Crippen molar-refractivity contribution < 1.29 is 24.2 Å². The Bertz CT molecular complexity index is 664. The van der Waals surface area contributed by atoms with Crippen molar-refractivity contribution in [2.45, 2.75) is 58.7 Å². The lowest BCUT2D eigenvalue weighted by Crippen LogP contribution is -2.52.